The van der Waals surface area contributed by atoms with Gasteiger partial charge < -0.3 is 4.90 Å². The molecule has 2 aromatic rings. The van der Waals surface area contributed by atoms with Gasteiger partial charge in [0.1, 0.15) is 5.82 Å². The summed E-state index contributed by atoms with van der Waals surface area (Å²) in [5, 5.41) is 0. The zero-order chi connectivity index (χ0) is 18.7. The molecule has 138 valence electrons. The largest absolute Gasteiger partial charge is 0.339 e. The van der Waals surface area contributed by atoms with Crippen LogP contribution in [-0.2, 0) is 10.0 Å². The third kappa shape index (κ3) is 4.22. The zero-order valence-electron chi connectivity index (χ0n) is 14.5. The third-order valence-electron chi connectivity index (χ3n) is 4.56. The predicted octanol–water partition coefficient (Wildman–Crippen LogP) is 3.50. The first kappa shape index (κ1) is 18.4. The van der Waals surface area contributed by atoms with Crippen molar-refractivity contribution >= 4 is 21.6 Å². The Balaban J connectivity index is 1.73. The van der Waals surface area contributed by atoms with Crippen molar-refractivity contribution in [2.45, 2.75) is 24.7 Å². The van der Waals surface area contributed by atoms with Gasteiger partial charge in [-0.05, 0) is 61.2 Å². The van der Waals surface area contributed by atoms with Crippen LogP contribution < -0.4 is 4.72 Å². The lowest BCUT2D eigenvalue weighted by Crippen LogP contribution is -2.37. The van der Waals surface area contributed by atoms with E-state index >= 15 is 0 Å². The van der Waals surface area contributed by atoms with Gasteiger partial charge in [-0.25, -0.2) is 12.8 Å². The number of piperidine rings is 1. The molecule has 1 fully saturated rings. The van der Waals surface area contributed by atoms with E-state index < -0.39 is 15.8 Å². The van der Waals surface area contributed by atoms with Crippen molar-refractivity contribution in [2.24, 2.45) is 5.92 Å². The highest BCUT2D eigenvalue weighted by molar-refractivity contribution is 7.92. The Bertz CT molecular complexity index is 889. The number of halogens is 1. The maximum Gasteiger partial charge on any atom is 0.261 e. The van der Waals surface area contributed by atoms with E-state index in [0.29, 0.717) is 11.5 Å². The fourth-order valence-corrected chi connectivity index (χ4v) is 3.99. The normalized spacial score (nSPS) is 15.7. The first-order chi connectivity index (χ1) is 12.3. The summed E-state index contributed by atoms with van der Waals surface area (Å²) in [6, 6.07) is 11.0. The minimum absolute atomic E-state index is 0.0191. The summed E-state index contributed by atoms with van der Waals surface area (Å²) < 4.78 is 40.3. The quantitative estimate of drug-likeness (QED) is 0.888. The number of carbonyl (C=O) groups excluding carboxylic acids is 1. The number of sulfonamides is 1. The Morgan fingerprint density at radius 2 is 1.77 bits per heavy atom. The molecule has 0 spiro atoms. The second-order valence-electron chi connectivity index (χ2n) is 6.61. The molecule has 2 aromatic carbocycles. The number of amides is 1. The van der Waals surface area contributed by atoms with E-state index in [1.165, 1.54) is 42.5 Å². The van der Waals surface area contributed by atoms with Gasteiger partial charge in [-0.3, -0.25) is 9.52 Å². The second kappa shape index (κ2) is 7.45. The van der Waals surface area contributed by atoms with Crippen LogP contribution in [0.3, 0.4) is 0 Å². The lowest BCUT2D eigenvalue weighted by Gasteiger charge is -2.30. The molecule has 0 bridgehead atoms. The van der Waals surface area contributed by atoms with Gasteiger partial charge in [0.25, 0.3) is 15.9 Å². The van der Waals surface area contributed by atoms with Gasteiger partial charge >= 0.3 is 0 Å². The van der Waals surface area contributed by atoms with Gasteiger partial charge in [-0.15, -0.1) is 0 Å². The lowest BCUT2D eigenvalue weighted by molar-refractivity contribution is 0.0697. The molecule has 0 aliphatic carbocycles. The minimum Gasteiger partial charge on any atom is -0.339 e. The fraction of sp³-hybridized carbons (Fsp3) is 0.316. The third-order valence-corrected chi connectivity index (χ3v) is 5.96. The highest BCUT2D eigenvalue weighted by atomic mass is 32.2. The molecule has 1 aliphatic rings. The fourth-order valence-electron chi connectivity index (χ4n) is 2.94. The Labute approximate surface area is 152 Å². The van der Waals surface area contributed by atoms with Crippen LogP contribution in [0.5, 0.6) is 0 Å². The van der Waals surface area contributed by atoms with Crippen molar-refractivity contribution in [3.05, 3.63) is 59.9 Å². The van der Waals surface area contributed by atoms with Crippen LogP contribution in [0.15, 0.2) is 53.4 Å². The van der Waals surface area contributed by atoms with Gasteiger partial charge in [0.15, 0.2) is 0 Å². The van der Waals surface area contributed by atoms with Gasteiger partial charge in [-0.1, -0.05) is 13.0 Å². The van der Waals surface area contributed by atoms with E-state index in [0.717, 1.165) is 32.0 Å². The second-order valence-corrected chi connectivity index (χ2v) is 8.30. The lowest BCUT2D eigenvalue weighted by atomic mass is 9.98. The molecule has 1 N–H and O–H groups in total. The number of benzene rings is 2. The topological polar surface area (TPSA) is 66.5 Å². The van der Waals surface area contributed by atoms with Crippen molar-refractivity contribution < 1.29 is 17.6 Å². The van der Waals surface area contributed by atoms with E-state index in [1.807, 2.05) is 0 Å². The maximum atomic E-state index is 13.2. The summed E-state index contributed by atoms with van der Waals surface area (Å²) >= 11 is 0. The standard InChI is InChI=1S/C19H21FN2O3S/c1-14-9-11-22(12-10-14)19(23)15-5-7-18(8-6-15)26(24,25)21-17-4-2-3-16(20)13-17/h2-8,13-14,21H,9-12H2,1H3. The molecule has 1 amide bonds. The first-order valence-electron chi connectivity index (χ1n) is 8.53. The summed E-state index contributed by atoms with van der Waals surface area (Å²) in [5.74, 6) is 0.0152. The van der Waals surface area contributed by atoms with Crippen LogP contribution in [0.4, 0.5) is 10.1 Å². The Morgan fingerprint density at radius 1 is 1.12 bits per heavy atom. The van der Waals surface area contributed by atoms with E-state index in [1.54, 1.807) is 4.90 Å². The number of nitrogens with zero attached hydrogens (tertiary/aromatic N) is 1. The molecule has 0 unspecified atom stereocenters. The smallest absolute Gasteiger partial charge is 0.261 e. The average molecular weight is 376 g/mol. The minimum atomic E-state index is -3.85. The summed E-state index contributed by atoms with van der Waals surface area (Å²) in [6.45, 7) is 3.62. The van der Waals surface area contributed by atoms with Crippen molar-refractivity contribution in [1.82, 2.24) is 4.90 Å². The van der Waals surface area contributed by atoms with E-state index in [-0.39, 0.29) is 16.5 Å². The number of carbonyl (C=O) groups is 1. The van der Waals surface area contributed by atoms with Gasteiger partial charge in [-0.2, -0.15) is 0 Å². The predicted molar refractivity (Wildman–Crippen MR) is 98.0 cm³/mol. The van der Waals surface area contributed by atoms with Crippen molar-refractivity contribution in [3.8, 4) is 0 Å². The van der Waals surface area contributed by atoms with E-state index in [2.05, 4.69) is 11.6 Å². The van der Waals surface area contributed by atoms with Crippen molar-refractivity contribution in [1.29, 1.82) is 0 Å². The van der Waals surface area contributed by atoms with Crippen LogP contribution in [0, 0.1) is 11.7 Å². The number of nitrogens with one attached hydrogen (secondary N) is 1. The Morgan fingerprint density at radius 3 is 2.38 bits per heavy atom. The van der Waals surface area contributed by atoms with Crippen LogP contribution in [0.2, 0.25) is 0 Å². The monoisotopic (exact) mass is 376 g/mol. The summed E-state index contributed by atoms with van der Waals surface area (Å²) in [4.78, 5) is 14.3. The number of hydrogen-bond acceptors (Lipinski definition) is 3. The SMILES string of the molecule is CC1CCN(C(=O)c2ccc(S(=O)(=O)Nc3cccc(F)c3)cc2)CC1. The summed E-state index contributed by atoms with van der Waals surface area (Å²) in [6.07, 6.45) is 1.96. The van der Waals surface area contributed by atoms with Crippen LogP contribution in [0.25, 0.3) is 0 Å². The molecule has 0 atom stereocenters. The van der Waals surface area contributed by atoms with Gasteiger partial charge in [0.05, 0.1) is 10.6 Å². The Kier molecular flexibility index (Phi) is 5.27. The maximum absolute atomic E-state index is 13.2. The van der Waals surface area contributed by atoms with Crippen LogP contribution in [0.1, 0.15) is 30.1 Å². The zero-order valence-corrected chi connectivity index (χ0v) is 15.3. The number of hydrogen-bond donors (Lipinski definition) is 1. The molecule has 26 heavy (non-hydrogen) atoms. The molecule has 0 aromatic heterocycles. The molecule has 0 saturated carbocycles. The molecule has 1 aliphatic heterocycles. The Hall–Kier alpha value is -2.41. The molecule has 3 rings (SSSR count). The molecule has 1 heterocycles. The van der Waals surface area contributed by atoms with Crippen LogP contribution >= 0.6 is 0 Å². The molecule has 1 saturated heterocycles. The molecular weight excluding hydrogens is 355 g/mol. The number of rotatable bonds is 4. The van der Waals surface area contributed by atoms with E-state index in [4.69, 9.17) is 0 Å². The highest BCUT2D eigenvalue weighted by Crippen LogP contribution is 2.20. The van der Waals surface area contributed by atoms with E-state index in [9.17, 15) is 17.6 Å². The molecule has 5 nitrogen and oxygen atoms in total. The average Bonchev–Trinajstić information content (AvgIpc) is 2.61. The molecular formula is C19H21FN2O3S. The van der Waals surface area contributed by atoms with Gasteiger partial charge in [0.2, 0.25) is 0 Å². The molecule has 0 radical (unpaired) electrons. The molecule has 7 heteroatoms. The van der Waals surface area contributed by atoms with Gasteiger partial charge in [0, 0.05) is 18.7 Å². The van der Waals surface area contributed by atoms with Crippen molar-refractivity contribution in [3.63, 3.8) is 0 Å². The number of anilines is 1. The first-order valence-corrected chi connectivity index (χ1v) is 10.0. The van der Waals surface area contributed by atoms with Crippen LogP contribution in [-0.4, -0.2) is 32.3 Å². The summed E-state index contributed by atoms with van der Waals surface area (Å²) in [7, 11) is -3.85. The summed E-state index contributed by atoms with van der Waals surface area (Å²) in [5.41, 5.74) is 0.608. The number of likely N-dealkylation sites (tertiary alicyclic amines) is 1. The highest BCUT2D eigenvalue weighted by Gasteiger charge is 2.22. The van der Waals surface area contributed by atoms with Crippen molar-refractivity contribution in [2.75, 3.05) is 17.8 Å².